The maximum absolute atomic E-state index is 12.6. The summed E-state index contributed by atoms with van der Waals surface area (Å²) >= 11 is 0. The minimum absolute atomic E-state index is 0.143. The highest BCUT2D eigenvalue weighted by molar-refractivity contribution is 7.91. The van der Waals surface area contributed by atoms with Crippen LogP contribution in [0.4, 0.5) is 14.5 Å². The van der Waals surface area contributed by atoms with E-state index in [0.29, 0.717) is 0 Å². The zero-order valence-electron chi connectivity index (χ0n) is 9.68. The predicted molar refractivity (Wildman–Crippen MR) is 65.5 cm³/mol. The van der Waals surface area contributed by atoms with E-state index in [0.717, 1.165) is 11.6 Å². The highest BCUT2D eigenvalue weighted by Gasteiger charge is 2.28. The molecule has 5 nitrogen and oxygen atoms in total. The Hall–Kier alpha value is -1.96. The minimum atomic E-state index is -4.62. The van der Waals surface area contributed by atoms with Crippen molar-refractivity contribution in [1.29, 1.82) is 0 Å². The highest BCUT2D eigenvalue weighted by atomic mass is 32.2. The SMILES string of the molecule is O=S(=O)(c1ccccc1NCc1cn[nH]c1)C(F)F. The van der Waals surface area contributed by atoms with E-state index in [-0.39, 0.29) is 12.2 Å². The fourth-order valence-corrected chi connectivity index (χ4v) is 2.44. The molecule has 8 heteroatoms. The quantitative estimate of drug-likeness (QED) is 0.882. The van der Waals surface area contributed by atoms with Crippen molar-refractivity contribution in [3.63, 3.8) is 0 Å². The number of anilines is 1. The molecule has 0 bridgehead atoms. The molecule has 0 aliphatic rings. The maximum Gasteiger partial charge on any atom is 0.341 e. The molecule has 1 heterocycles. The first-order chi connectivity index (χ1) is 9.01. The van der Waals surface area contributed by atoms with Gasteiger partial charge in [-0.25, -0.2) is 8.42 Å². The fraction of sp³-hybridized carbons (Fsp3) is 0.182. The van der Waals surface area contributed by atoms with Gasteiger partial charge in [0.1, 0.15) is 0 Å². The minimum Gasteiger partial charge on any atom is -0.380 e. The Balaban J connectivity index is 2.27. The first-order valence-corrected chi connectivity index (χ1v) is 6.89. The molecule has 0 amide bonds. The number of benzene rings is 1. The summed E-state index contributed by atoms with van der Waals surface area (Å²) in [6.07, 6.45) is 3.18. The van der Waals surface area contributed by atoms with Crippen LogP contribution >= 0.6 is 0 Å². The van der Waals surface area contributed by atoms with Gasteiger partial charge in [0, 0.05) is 18.3 Å². The summed E-state index contributed by atoms with van der Waals surface area (Å²) in [4.78, 5) is -0.409. The Labute approximate surface area is 108 Å². The van der Waals surface area contributed by atoms with Crippen molar-refractivity contribution in [3.8, 4) is 0 Å². The average Bonchev–Trinajstić information content (AvgIpc) is 2.89. The van der Waals surface area contributed by atoms with Crippen molar-refractivity contribution >= 4 is 15.5 Å². The van der Waals surface area contributed by atoms with Gasteiger partial charge in [0.2, 0.25) is 9.84 Å². The van der Waals surface area contributed by atoms with Crippen LogP contribution < -0.4 is 5.32 Å². The van der Waals surface area contributed by atoms with Gasteiger partial charge in [0.05, 0.1) is 16.8 Å². The van der Waals surface area contributed by atoms with Gasteiger partial charge in [-0.15, -0.1) is 0 Å². The number of aromatic nitrogens is 2. The van der Waals surface area contributed by atoms with Crippen LogP contribution in [0.25, 0.3) is 0 Å². The Morgan fingerprint density at radius 3 is 2.68 bits per heavy atom. The van der Waals surface area contributed by atoms with Gasteiger partial charge in [-0.2, -0.15) is 13.9 Å². The van der Waals surface area contributed by atoms with Crippen LogP contribution in [0.3, 0.4) is 0 Å². The lowest BCUT2D eigenvalue weighted by molar-refractivity contribution is 0.235. The summed E-state index contributed by atoms with van der Waals surface area (Å²) in [7, 11) is -4.62. The van der Waals surface area contributed by atoms with Crippen molar-refractivity contribution in [3.05, 3.63) is 42.2 Å². The molecule has 0 atom stereocenters. The van der Waals surface area contributed by atoms with Gasteiger partial charge in [-0.05, 0) is 12.1 Å². The van der Waals surface area contributed by atoms with Crippen LogP contribution in [0.2, 0.25) is 0 Å². The third-order valence-corrected chi connectivity index (χ3v) is 3.90. The van der Waals surface area contributed by atoms with Gasteiger partial charge in [-0.3, -0.25) is 5.10 Å². The predicted octanol–water partition coefficient (Wildman–Crippen LogP) is 2.02. The summed E-state index contributed by atoms with van der Waals surface area (Å²) < 4.78 is 48.1. The average molecular weight is 287 g/mol. The van der Waals surface area contributed by atoms with Gasteiger partial charge in [0.25, 0.3) is 0 Å². The Morgan fingerprint density at radius 1 is 1.32 bits per heavy atom. The number of hydrogen-bond donors (Lipinski definition) is 2. The normalized spacial score (nSPS) is 11.7. The second kappa shape index (κ2) is 5.35. The first-order valence-electron chi connectivity index (χ1n) is 5.34. The topological polar surface area (TPSA) is 74.8 Å². The monoisotopic (exact) mass is 287 g/mol. The molecule has 1 aromatic heterocycles. The third-order valence-electron chi connectivity index (χ3n) is 2.47. The van der Waals surface area contributed by atoms with Crippen LogP contribution in [0.5, 0.6) is 0 Å². The summed E-state index contributed by atoms with van der Waals surface area (Å²) in [5, 5.41) is 9.14. The third kappa shape index (κ3) is 2.90. The molecule has 0 unspecified atom stereocenters. The molecule has 0 spiro atoms. The van der Waals surface area contributed by atoms with Crippen LogP contribution in [0.1, 0.15) is 5.56 Å². The number of nitrogens with one attached hydrogen (secondary N) is 2. The molecule has 102 valence electrons. The summed E-state index contributed by atoms with van der Waals surface area (Å²) in [6.45, 7) is 0.284. The number of alkyl halides is 2. The number of sulfone groups is 1. The summed E-state index contributed by atoms with van der Waals surface area (Å²) in [6, 6.07) is 5.56. The molecular formula is C11H11F2N3O2S. The Bertz CT molecular complexity index is 642. The van der Waals surface area contributed by atoms with E-state index >= 15 is 0 Å². The molecule has 2 rings (SSSR count). The van der Waals surface area contributed by atoms with E-state index in [4.69, 9.17) is 0 Å². The standard InChI is InChI=1S/C11H11F2N3O2S/c12-11(13)19(17,18)10-4-2-1-3-9(10)14-5-8-6-15-16-7-8/h1-4,6-7,11,14H,5H2,(H,15,16). The summed E-state index contributed by atoms with van der Waals surface area (Å²) in [5.74, 6) is -3.44. The van der Waals surface area contributed by atoms with Crippen LogP contribution in [-0.2, 0) is 16.4 Å². The van der Waals surface area contributed by atoms with E-state index in [2.05, 4.69) is 15.5 Å². The molecule has 2 N–H and O–H groups in total. The molecule has 0 saturated carbocycles. The summed E-state index contributed by atoms with van der Waals surface area (Å²) in [5.41, 5.74) is 0.924. The second-order valence-electron chi connectivity index (χ2n) is 3.76. The smallest absolute Gasteiger partial charge is 0.341 e. The largest absolute Gasteiger partial charge is 0.380 e. The number of H-pyrrole nitrogens is 1. The van der Waals surface area contributed by atoms with Crippen molar-refractivity contribution in [2.45, 2.75) is 17.2 Å². The first kappa shape index (κ1) is 13.5. The molecule has 0 aliphatic heterocycles. The highest BCUT2D eigenvalue weighted by Crippen LogP contribution is 2.26. The van der Waals surface area contributed by atoms with Gasteiger partial charge in [0.15, 0.2) is 0 Å². The molecule has 2 aromatic rings. The number of aromatic amines is 1. The zero-order valence-corrected chi connectivity index (χ0v) is 10.5. The van der Waals surface area contributed by atoms with E-state index in [9.17, 15) is 17.2 Å². The maximum atomic E-state index is 12.6. The molecule has 19 heavy (non-hydrogen) atoms. The Kier molecular flexibility index (Phi) is 3.79. The molecule has 0 saturated heterocycles. The molecule has 0 fully saturated rings. The number of rotatable bonds is 5. The van der Waals surface area contributed by atoms with E-state index < -0.39 is 20.5 Å². The number of para-hydroxylation sites is 1. The molecule has 0 aliphatic carbocycles. The van der Waals surface area contributed by atoms with Gasteiger partial charge in [-0.1, -0.05) is 12.1 Å². The van der Waals surface area contributed by atoms with Crippen molar-refractivity contribution in [2.24, 2.45) is 0 Å². The van der Waals surface area contributed by atoms with Crippen molar-refractivity contribution < 1.29 is 17.2 Å². The lowest BCUT2D eigenvalue weighted by atomic mass is 10.3. The van der Waals surface area contributed by atoms with E-state index in [1.165, 1.54) is 12.1 Å². The molecule has 0 radical (unpaired) electrons. The number of hydrogen-bond acceptors (Lipinski definition) is 4. The van der Waals surface area contributed by atoms with Crippen molar-refractivity contribution in [2.75, 3.05) is 5.32 Å². The molecular weight excluding hydrogens is 276 g/mol. The van der Waals surface area contributed by atoms with E-state index in [1.807, 2.05) is 0 Å². The Morgan fingerprint density at radius 2 is 2.05 bits per heavy atom. The van der Waals surface area contributed by atoms with Gasteiger partial charge < -0.3 is 5.32 Å². The molecule has 1 aromatic carbocycles. The lowest BCUT2D eigenvalue weighted by Crippen LogP contribution is -2.14. The fourth-order valence-electron chi connectivity index (χ4n) is 1.53. The van der Waals surface area contributed by atoms with Crippen LogP contribution in [0, 0.1) is 0 Å². The number of halogens is 2. The van der Waals surface area contributed by atoms with Crippen LogP contribution in [0.15, 0.2) is 41.6 Å². The van der Waals surface area contributed by atoms with Crippen LogP contribution in [-0.4, -0.2) is 24.4 Å². The van der Waals surface area contributed by atoms with E-state index in [1.54, 1.807) is 18.5 Å². The van der Waals surface area contributed by atoms with Crippen molar-refractivity contribution in [1.82, 2.24) is 10.2 Å². The lowest BCUT2D eigenvalue weighted by Gasteiger charge is -2.11. The number of nitrogens with zero attached hydrogens (tertiary/aromatic N) is 1. The van der Waals surface area contributed by atoms with Gasteiger partial charge >= 0.3 is 5.76 Å². The zero-order chi connectivity index (χ0) is 13.9. The second-order valence-corrected chi connectivity index (χ2v) is 5.65.